The molecule has 2 atom stereocenters. The lowest BCUT2D eigenvalue weighted by molar-refractivity contribution is -0.154. The van der Waals surface area contributed by atoms with Crippen LogP contribution in [0.5, 0.6) is 0 Å². The summed E-state index contributed by atoms with van der Waals surface area (Å²) < 4.78 is 13.3. The van der Waals surface area contributed by atoms with E-state index >= 15 is 0 Å². The molecular weight excluding hydrogens is 313 g/mol. The molecule has 122 valence electrons. The minimum absolute atomic E-state index is 0.00194. The van der Waals surface area contributed by atoms with Gasteiger partial charge in [0, 0.05) is 44.1 Å². The third kappa shape index (κ3) is 3.48. The number of rotatable bonds is 5. The highest BCUT2D eigenvalue weighted by Gasteiger charge is 2.50. The standard InChI is InChI=1S/C14H19ClFN3O3/c15-10-5-9(6-11(16)7-10)8-18-12(20)14(22)1-3-19(4-2-17)13(14)21/h5-6,11,22H,1-4,7-8,17H2,(H,18,20). The molecule has 2 rings (SSSR count). The largest absolute Gasteiger partial charge is 0.372 e. The Hall–Kier alpha value is -1.44. The van der Waals surface area contributed by atoms with Crippen LogP contribution in [0.4, 0.5) is 4.39 Å². The van der Waals surface area contributed by atoms with Gasteiger partial charge < -0.3 is 21.1 Å². The molecule has 1 aliphatic heterocycles. The van der Waals surface area contributed by atoms with Crippen LogP contribution >= 0.6 is 11.6 Å². The molecule has 1 aliphatic carbocycles. The zero-order chi connectivity index (χ0) is 16.3. The highest BCUT2D eigenvalue weighted by molar-refractivity contribution is 6.29. The van der Waals surface area contributed by atoms with E-state index in [0.29, 0.717) is 17.2 Å². The monoisotopic (exact) mass is 331 g/mol. The van der Waals surface area contributed by atoms with Crippen LogP contribution in [0.1, 0.15) is 12.8 Å². The SMILES string of the molecule is NCCN1CCC(O)(C(=O)NCC2=CC(F)CC(Cl)=C2)C1=O. The normalized spacial score (nSPS) is 28.5. The fourth-order valence-electron chi connectivity index (χ4n) is 2.57. The van der Waals surface area contributed by atoms with E-state index in [1.807, 2.05) is 0 Å². The second kappa shape index (κ2) is 6.76. The van der Waals surface area contributed by atoms with Crippen LogP contribution in [-0.4, -0.2) is 59.8 Å². The van der Waals surface area contributed by atoms with Gasteiger partial charge in [0.05, 0.1) is 0 Å². The van der Waals surface area contributed by atoms with Crippen molar-refractivity contribution in [3.8, 4) is 0 Å². The minimum atomic E-state index is -2.08. The minimum Gasteiger partial charge on any atom is -0.372 e. The Morgan fingerprint density at radius 1 is 1.64 bits per heavy atom. The van der Waals surface area contributed by atoms with E-state index < -0.39 is 23.6 Å². The van der Waals surface area contributed by atoms with Gasteiger partial charge in [0.25, 0.3) is 11.8 Å². The highest BCUT2D eigenvalue weighted by Crippen LogP contribution is 2.24. The van der Waals surface area contributed by atoms with E-state index in [-0.39, 0.29) is 32.5 Å². The number of nitrogens with zero attached hydrogens (tertiary/aromatic N) is 1. The number of halogens is 2. The molecule has 2 aliphatic rings. The third-order valence-electron chi connectivity index (χ3n) is 3.74. The van der Waals surface area contributed by atoms with Crippen LogP contribution in [0.15, 0.2) is 22.8 Å². The summed E-state index contributed by atoms with van der Waals surface area (Å²) >= 11 is 5.80. The number of likely N-dealkylation sites (tertiary alicyclic amines) is 1. The lowest BCUT2D eigenvalue weighted by atomic mass is 10.0. The lowest BCUT2D eigenvalue weighted by Crippen LogP contribution is -2.53. The van der Waals surface area contributed by atoms with Crippen LogP contribution in [0.2, 0.25) is 0 Å². The number of carbonyl (C=O) groups is 2. The van der Waals surface area contributed by atoms with Crippen molar-refractivity contribution in [1.82, 2.24) is 10.2 Å². The number of alkyl halides is 1. The zero-order valence-corrected chi connectivity index (χ0v) is 12.8. The average molecular weight is 332 g/mol. The quantitative estimate of drug-likeness (QED) is 0.609. The Labute approximate surface area is 132 Å². The molecule has 0 spiro atoms. The number of nitrogens with two attached hydrogens (primary N) is 1. The van der Waals surface area contributed by atoms with Crippen LogP contribution < -0.4 is 11.1 Å². The number of hydrogen-bond acceptors (Lipinski definition) is 4. The number of carbonyl (C=O) groups excluding carboxylic acids is 2. The molecule has 6 nitrogen and oxygen atoms in total. The van der Waals surface area contributed by atoms with Crippen molar-refractivity contribution in [2.75, 3.05) is 26.2 Å². The maximum atomic E-state index is 13.3. The molecule has 1 saturated heterocycles. The van der Waals surface area contributed by atoms with Gasteiger partial charge in [0.15, 0.2) is 0 Å². The zero-order valence-electron chi connectivity index (χ0n) is 12.0. The van der Waals surface area contributed by atoms with Crippen molar-refractivity contribution in [3.63, 3.8) is 0 Å². The average Bonchev–Trinajstić information content (AvgIpc) is 2.74. The van der Waals surface area contributed by atoms with Gasteiger partial charge in [-0.2, -0.15) is 0 Å². The molecule has 2 unspecified atom stereocenters. The molecule has 0 aromatic rings. The van der Waals surface area contributed by atoms with Gasteiger partial charge in [-0.1, -0.05) is 11.6 Å². The van der Waals surface area contributed by atoms with E-state index in [1.54, 1.807) is 6.08 Å². The Kier molecular flexibility index (Phi) is 5.20. The summed E-state index contributed by atoms with van der Waals surface area (Å²) in [5.74, 6) is -1.44. The lowest BCUT2D eigenvalue weighted by Gasteiger charge is -2.22. The molecule has 0 radical (unpaired) electrons. The second-order valence-electron chi connectivity index (χ2n) is 5.43. The van der Waals surface area contributed by atoms with E-state index in [4.69, 9.17) is 17.3 Å². The van der Waals surface area contributed by atoms with E-state index in [1.165, 1.54) is 11.0 Å². The van der Waals surface area contributed by atoms with Crippen molar-refractivity contribution in [2.24, 2.45) is 5.73 Å². The van der Waals surface area contributed by atoms with Gasteiger partial charge in [0.2, 0.25) is 5.60 Å². The van der Waals surface area contributed by atoms with Crippen molar-refractivity contribution in [1.29, 1.82) is 0 Å². The molecule has 4 N–H and O–H groups in total. The molecule has 1 fully saturated rings. The smallest absolute Gasteiger partial charge is 0.264 e. The summed E-state index contributed by atoms with van der Waals surface area (Å²) in [6.45, 7) is 0.835. The summed E-state index contributed by atoms with van der Waals surface area (Å²) in [6, 6.07) is 0. The van der Waals surface area contributed by atoms with E-state index in [0.717, 1.165) is 0 Å². The number of hydrogen-bond donors (Lipinski definition) is 3. The van der Waals surface area contributed by atoms with E-state index in [2.05, 4.69) is 5.32 Å². The number of nitrogens with one attached hydrogen (secondary N) is 1. The molecule has 0 bridgehead atoms. The Morgan fingerprint density at radius 2 is 2.36 bits per heavy atom. The molecule has 0 saturated carbocycles. The highest BCUT2D eigenvalue weighted by atomic mass is 35.5. The first-order valence-electron chi connectivity index (χ1n) is 7.08. The topological polar surface area (TPSA) is 95.7 Å². The van der Waals surface area contributed by atoms with Crippen LogP contribution in [0.3, 0.4) is 0 Å². The first-order chi connectivity index (χ1) is 10.4. The van der Waals surface area contributed by atoms with Gasteiger partial charge >= 0.3 is 0 Å². The van der Waals surface area contributed by atoms with Gasteiger partial charge in [-0.25, -0.2) is 4.39 Å². The number of aliphatic hydroxyl groups is 1. The molecule has 1 heterocycles. The maximum Gasteiger partial charge on any atom is 0.264 e. The number of allylic oxidation sites excluding steroid dienone is 2. The molecule has 0 aromatic carbocycles. The fraction of sp³-hybridized carbons (Fsp3) is 0.571. The maximum absolute atomic E-state index is 13.3. The van der Waals surface area contributed by atoms with Crippen LogP contribution in [-0.2, 0) is 9.59 Å². The van der Waals surface area contributed by atoms with Crippen molar-refractivity contribution in [3.05, 3.63) is 22.8 Å². The van der Waals surface area contributed by atoms with Gasteiger partial charge in [-0.15, -0.1) is 0 Å². The Balaban J connectivity index is 1.97. The first kappa shape index (κ1) is 16.9. The molecule has 0 aromatic heterocycles. The predicted octanol–water partition coefficient (Wildman–Crippen LogP) is -0.184. The first-order valence-corrected chi connectivity index (χ1v) is 7.45. The molecule has 8 heteroatoms. The summed E-state index contributed by atoms with van der Waals surface area (Å²) in [7, 11) is 0. The summed E-state index contributed by atoms with van der Waals surface area (Å²) in [4.78, 5) is 25.5. The molecule has 2 amide bonds. The number of amides is 2. The Morgan fingerprint density at radius 3 is 3.00 bits per heavy atom. The molecule has 22 heavy (non-hydrogen) atoms. The van der Waals surface area contributed by atoms with Crippen molar-refractivity contribution in [2.45, 2.75) is 24.6 Å². The molecular formula is C14H19ClFN3O3. The Bertz CT molecular complexity index is 537. The van der Waals surface area contributed by atoms with Gasteiger partial charge in [-0.05, 0) is 17.7 Å². The summed E-state index contributed by atoms with van der Waals surface area (Å²) in [5.41, 5.74) is 3.81. The van der Waals surface area contributed by atoms with Gasteiger partial charge in [-0.3, -0.25) is 9.59 Å². The van der Waals surface area contributed by atoms with Crippen molar-refractivity contribution >= 4 is 23.4 Å². The fourth-order valence-corrected chi connectivity index (χ4v) is 2.86. The predicted molar refractivity (Wildman–Crippen MR) is 79.7 cm³/mol. The second-order valence-corrected chi connectivity index (χ2v) is 5.91. The summed E-state index contributed by atoms with van der Waals surface area (Å²) in [6.07, 6.45) is 1.86. The van der Waals surface area contributed by atoms with Crippen LogP contribution in [0.25, 0.3) is 0 Å². The van der Waals surface area contributed by atoms with Crippen molar-refractivity contribution < 1.29 is 19.1 Å². The third-order valence-corrected chi connectivity index (χ3v) is 4.00. The van der Waals surface area contributed by atoms with E-state index in [9.17, 15) is 19.1 Å². The summed E-state index contributed by atoms with van der Waals surface area (Å²) in [5, 5.41) is 13.1. The van der Waals surface area contributed by atoms with Gasteiger partial charge in [0.1, 0.15) is 6.17 Å². The van der Waals surface area contributed by atoms with Crippen LogP contribution in [0, 0.1) is 0 Å².